The molecule has 0 unspecified atom stereocenters. The molecule has 1 aliphatic rings. The minimum Gasteiger partial charge on any atom is -0.454 e. The Morgan fingerprint density at radius 1 is 0.935 bits per heavy atom. The molecule has 1 aromatic heterocycles. The number of furan rings is 1. The predicted octanol–water partition coefficient (Wildman–Crippen LogP) is 6.77. The molecule has 1 fully saturated rings. The number of hydrogen-bond acceptors (Lipinski definition) is 3. The molecule has 9 heteroatoms. The zero-order valence-corrected chi connectivity index (χ0v) is 18.5. The number of benzene rings is 2. The van der Waals surface area contributed by atoms with Gasteiger partial charge in [-0.05, 0) is 48.5 Å². The van der Waals surface area contributed by atoms with Gasteiger partial charge in [0, 0.05) is 42.5 Å². The fourth-order valence-electron chi connectivity index (χ4n) is 3.49. The van der Waals surface area contributed by atoms with Crippen LogP contribution in [0.5, 0.6) is 0 Å². The molecule has 3 aromatic rings. The van der Waals surface area contributed by atoms with Crippen LogP contribution in [0.1, 0.15) is 11.3 Å². The summed E-state index contributed by atoms with van der Waals surface area (Å²) >= 11 is 17.8. The highest BCUT2D eigenvalue weighted by molar-refractivity contribution is 7.80. The molecular weight excluding hydrogens is 468 g/mol. The van der Waals surface area contributed by atoms with E-state index < -0.39 is 11.7 Å². The Bertz CT molecular complexity index is 1110. The summed E-state index contributed by atoms with van der Waals surface area (Å²) < 4.78 is 44.9. The van der Waals surface area contributed by atoms with Crippen LogP contribution in [0.15, 0.2) is 59.0 Å². The van der Waals surface area contributed by atoms with E-state index in [-0.39, 0.29) is 0 Å². The van der Waals surface area contributed by atoms with Crippen LogP contribution in [0.4, 0.5) is 18.9 Å². The Morgan fingerprint density at radius 2 is 1.68 bits per heavy atom. The van der Waals surface area contributed by atoms with Crippen molar-refractivity contribution in [3.8, 4) is 11.3 Å². The molecule has 2 aromatic carbocycles. The molecule has 4 rings (SSSR count). The average molecular weight is 485 g/mol. The summed E-state index contributed by atoms with van der Waals surface area (Å²) in [6.45, 7) is 2.26. The highest BCUT2D eigenvalue weighted by Crippen LogP contribution is 2.33. The van der Waals surface area contributed by atoms with Crippen LogP contribution in [0.25, 0.3) is 11.3 Å². The molecular formula is C22H17Cl2F3N2OS. The van der Waals surface area contributed by atoms with Crippen molar-refractivity contribution in [3.63, 3.8) is 0 Å². The molecule has 3 nitrogen and oxygen atoms in total. The van der Waals surface area contributed by atoms with E-state index in [0.717, 1.165) is 11.6 Å². The molecule has 0 N–H and O–H groups in total. The smallest absolute Gasteiger partial charge is 0.416 e. The number of nitrogens with zero attached hydrogens (tertiary/aromatic N) is 2. The third kappa shape index (κ3) is 4.84. The lowest BCUT2D eigenvalue weighted by molar-refractivity contribution is -0.137. The summed E-state index contributed by atoms with van der Waals surface area (Å²) in [5.74, 6) is 1.13. The van der Waals surface area contributed by atoms with Gasteiger partial charge in [0.25, 0.3) is 0 Å². The highest BCUT2D eigenvalue weighted by atomic mass is 35.5. The third-order valence-corrected chi connectivity index (χ3v) is 6.13. The molecule has 31 heavy (non-hydrogen) atoms. The summed E-state index contributed by atoms with van der Waals surface area (Å²) in [7, 11) is 0. The molecule has 0 saturated carbocycles. The van der Waals surface area contributed by atoms with Crippen LogP contribution in [-0.4, -0.2) is 36.1 Å². The van der Waals surface area contributed by atoms with E-state index in [9.17, 15) is 13.2 Å². The van der Waals surface area contributed by atoms with Gasteiger partial charge in [0.2, 0.25) is 0 Å². The molecule has 0 atom stereocenters. The lowest BCUT2D eigenvalue weighted by atomic mass is 10.1. The van der Waals surface area contributed by atoms with Gasteiger partial charge in [-0.1, -0.05) is 41.5 Å². The fraction of sp³-hybridized carbons (Fsp3) is 0.227. The predicted molar refractivity (Wildman–Crippen MR) is 121 cm³/mol. The Morgan fingerprint density at radius 3 is 2.35 bits per heavy atom. The minimum absolute atomic E-state index is 0.481. The first-order chi connectivity index (χ1) is 14.7. The molecule has 1 saturated heterocycles. The van der Waals surface area contributed by atoms with Gasteiger partial charge in [-0.15, -0.1) is 0 Å². The van der Waals surface area contributed by atoms with Crippen molar-refractivity contribution in [2.24, 2.45) is 0 Å². The number of piperazine rings is 1. The van der Waals surface area contributed by atoms with Crippen LogP contribution in [0.3, 0.4) is 0 Å². The quantitative estimate of drug-likeness (QED) is 0.382. The van der Waals surface area contributed by atoms with Crippen LogP contribution in [-0.2, 0) is 6.18 Å². The van der Waals surface area contributed by atoms with E-state index in [2.05, 4.69) is 0 Å². The first-order valence-electron chi connectivity index (χ1n) is 9.49. The van der Waals surface area contributed by atoms with E-state index in [1.807, 2.05) is 9.80 Å². The number of alkyl halides is 3. The van der Waals surface area contributed by atoms with Gasteiger partial charge < -0.3 is 14.2 Å². The molecule has 2 heterocycles. The maximum Gasteiger partial charge on any atom is 0.416 e. The molecule has 0 aliphatic carbocycles. The molecule has 0 radical (unpaired) electrons. The molecule has 0 bridgehead atoms. The van der Waals surface area contributed by atoms with Crippen LogP contribution in [0.2, 0.25) is 10.0 Å². The zero-order valence-electron chi connectivity index (χ0n) is 16.1. The topological polar surface area (TPSA) is 19.6 Å². The first kappa shape index (κ1) is 22.0. The lowest BCUT2D eigenvalue weighted by Crippen LogP contribution is -2.48. The summed E-state index contributed by atoms with van der Waals surface area (Å²) in [5.41, 5.74) is 0.625. The van der Waals surface area contributed by atoms with E-state index in [4.69, 9.17) is 39.8 Å². The van der Waals surface area contributed by atoms with Crippen molar-refractivity contribution in [3.05, 3.63) is 76.0 Å². The number of rotatable bonds is 3. The standard InChI is InChI=1S/C22H17Cl2F3N2OS/c23-15-4-5-17(18(24)13-15)19-6-7-20(30-19)21(31)29-10-8-28(9-11-29)16-3-1-2-14(12-16)22(25,26)27/h1-7,12-13H,8-11H2. The van der Waals surface area contributed by atoms with Gasteiger partial charge >= 0.3 is 6.18 Å². The van der Waals surface area contributed by atoms with E-state index in [1.54, 1.807) is 36.4 Å². The normalized spacial score (nSPS) is 14.7. The largest absolute Gasteiger partial charge is 0.454 e. The Kier molecular flexibility index (Phi) is 6.19. The van der Waals surface area contributed by atoms with Gasteiger partial charge in [-0.25, -0.2) is 0 Å². The first-order valence-corrected chi connectivity index (χ1v) is 10.7. The number of anilines is 1. The van der Waals surface area contributed by atoms with Gasteiger partial charge in [0.15, 0.2) is 5.76 Å². The van der Waals surface area contributed by atoms with E-state index in [0.29, 0.717) is 58.4 Å². The highest BCUT2D eigenvalue weighted by Gasteiger charge is 2.31. The second-order valence-corrected chi connectivity index (χ2v) is 8.35. The van der Waals surface area contributed by atoms with E-state index >= 15 is 0 Å². The second kappa shape index (κ2) is 8.73. The van der Waals surface area contributed by atoms with Gasteiger partial charge in [-0.3, -0.25) is 0 Å². The van der Waals surface area contributed by atoms with Crippen molar-refractivity contribution in [2.45, 2.75) is 6.18 Å². The summed E-state index contributed by atoms with van der Waals surface area (Å²) in [6, 6.07) is 14.1. The fourth-order valence-corrected chi connectivity index (χ4v) is 4.28. The third-order valence-electron chi connectivity index (χ3n) is 5.12. The summed E-state index contributed by atoms with van der Waals surface area (Å²) in [6.07, 6.45) is -4.36. The van der Waals surface area contributed by atoms with E-state index in [1.165, 1.54) is 12.1 Å². The Hall–Kier alpha value is -2.22. The average Bonchev–Trinajstić information content (AvgIpc) is 3.23. The van der Waals surface area contributed by atoms with Gasteiger partial charge in [-0.2, -0.15) is 13.2 Å². The number of thiocarbonyl (C=S) groups is 1. The summed E-state index contributed by atoms with van der Waals surface area (Å²) in [5, 5.41) is 1.02. The van der Waals surface area contributed by atoms with Crippen molar-refractivity contribution in [1.29, 1.82) is 0 Å². The number of halogens is 5. The van der Waals surface area contributed by atoms with Crippen LogP contribution >= 0.6 is 35.4 Å². The summed E-state index contributed by atoms with van der Waals surface area (Å²) in [4.78, 5) is 4.47. The monoisotopic (exact) mass is 484 g/mol. The maximum atomic E-state index is 13.0. The van der Waals surface area contributed by atoms with Crippen LogP contribution in [0, 0.1) is 0 Å². The molecule has 1 aliphatic heterocycles. The SMILES string of the molecule is FC(F)(F)c1cccc(N2CCN(C(=S)c3ccc(-c4ccc(Cl)cc4Cl)o3)CC2)c1. The van der Waals surface area contributed by atoms with Crippen molar-refractivity contribution in [2.75, 3.05) is 31.1 Å². The second-order valence-electron chi connectivity index (χ2n) is 7.12. The maximum absolute atomic E-state index is 13.0. The van der Waals surface area contributed by atoms with Gasteiger partial charge in [0.1, 0.15) is 10.7 Å². The van der Waals surface area contributed by atoms with Crippen molar-refractivity contribution >= 4 is 46.1 Å². The van der Waals surface area contributed by atoms with Crippen LogP contribution < -0.4 is 4.90 Å². The molecule has 0 spiro atoms. The lowest BCUT2D eigenvalue weighted by Gasteiger charge is -2.37. The van der Waals surface area contributed by atoms with Gasteiger partial charge in [0.05, 0.1) is 10.6 Å². The molecule has 0 amide bonds. The Balaban J connectivity index is 1.43. The van der Waals surface area contributed by atoms with Crippen molar-refractivity contribution < 1.29 is 17.6 Å². The molecule has 162 valence electrons. The number of hydrogen-bond donors (Lipinski definition) is 0. The van der Waals surface area contributed by atoms with Crippen molar-refractivity contribution in [1.82, 2.24) is 4.90 Å². The Labute approximate surface area is 193 Å². The minimum atomic E-state index is -4.36. The zero-order chi connectivity index (χ0) is 22.2.